The molecule has 0 aromatic carbocycles. The molecule has 1 aliphatic rings. The summed E-state index contributed by atoms with van der Waals surface area (Å²) < 4.78 is 6.34. The van der Waals surface area contributed by atoms with Gasteiger partial charge in [0.1, 0.15) is 12.4 Å². The van der Waals surface area contributed by atoms with Crippen molar-refractivity contribution in [1.29, 1.82) is 0 Å². The van der Waals surface area contributed by atoms with Gasteiger partial charge < -0.3 is 19.9 Å². The maximum absolute atomic E-state index is 11.9. The number of nitrogens with one attached hydrogen (secondary N) is 1. The fraction of sp³-hybridized carbons (Fsp3) is 0.400. The van der Waals surface area contributed by atoms with Gasteiger partial charge in [-0.2, -0.15) is 0 Å². The summed E-state index contributed by atoms with van der Waals surface area (Å²) >= 11 is 3.01. The topological polar surface area (TPSA) is 105 Å². The number of rotatable bonds is 2. The highest BCUT2D eigenvalue weighted by molar-refractivity contribution is 9.10. The van der Waals surface area contributed by atoms with Crippen molar-refractivity contribution < 1.29 is 14.9 Å². The Morgan fingerprint density at radius 1 is 1.61 bits per heavy atom. The molecule has 2 rings (SSSR count). The molecule has 0 fully saturated rings. The number of halogens is 1. The summed E-state index contributed by atoms with van der Waals surface area (Å²) in [5, 5.41) is 18.6. The number of hydrogen-bond donors (Lipinski definition) is 3. The Labute approximate surface area is 109 Å². The van der Waals surface area contributed by atoms with Crippen LogP contribution in [-0.4, -0.2) is 26.4 Å². The maximum Gasteiger partial charge on any atom is 0.331 e. The van der Waals surface area contributed by atoms with Gasteiger partial charge >= 0.3 is 5.69 Å². The monoisotopic (exact) mass is 318 g/mol. The van der Waals surface area contributed by atoms with E-state index < -0.39 is 23.6 Å². The van der Waals surface area contributed by atoms with Gasteiger partial charge in [-0.3, -0.25) is 4.79 Å². The molecule has 3 N–H and O–H groups in total. The van der Waals surface area contributed by atoms with Gasteiger partial charge in [0.2, 0.25) is 0 Å². The zero-order valence-electron chi connectivity index (χ0n) is 9.44. The summed E-state index contributed by atoms with van der Waals surface area (Å²) in [5.74, 6) is -0.213. The minimum absolute atomic E-state index is 0.0382. The van der Waals surface area contributed by atoms with Gasteiger partial charge in [-0.25, -0.2) is 9.36 Å². The predicted molar refractivity (Wildman–Crippen MR) is 65.1 cm³/mol. The molecular weight excluding hydrogens is 308 g/mol. The van der Waals surface area contributed by atoms with Crippen LogP contribution in [-0.2, 0) is 10.5 Å². The average Bonchev–Trinajstić information content (AvgIpc) is 2.60. The lowest BCUT2D eigenvalue weighted by Gasteiger charge is -2.26. The van der Waals surface area contributed by atoms with E-state index in [1.54, 1.807) is 0 Å². The first-order valence-electron chi connectivity index (χ1n) is 5.10. The van der Waals surface area contributed by atoms with Crippen molar-refractivity contribution in [3.05, 3.63) is 43.0 Å². The Balaban J connectivity index is 2.56. The molecule has 0 radical (unpaired) electrons. The molecule has 0 amide bonds. The fourth-order valence-corrected chi connectivity index (χ4v) is 2.19. The first kappa shape index (κ1) is 12.9. The summed E-state index contributed by atoms with van der Waals surface area (Å²) in [5.41, 5.74) is -2.58. The number of nitrogens with zero attached hydrogens (tertiary/aromatic N) is 1. The molecule has 0 spiro atoms. The van der Waals surface area contributed by atoms with Crippen LogP contribution in [0.5, 0.6) is 0 Å². The van der Waals surface area contributed by atoms with Gasteiger partial charge in [-0.15, -0.1) is 0 Å². The number of aromatic nitrogens is 2. The third-order valence-electron chi connectivity index (χ3n) is 2.71. The summed E-state index contributed by atoms with van der Waals surface area (Å²) in [4.78, 5) is 26.0. The Morgan fingerprint density at radius 2 is 2.28 bits per heavy atom. The maximum atomic E-state index is 11.9. The minimum atomic E-state index is -1.35. The molecule has 2 heterocycles. The Kier molecular flexibility index (Phi) is 3.07. The van der Waals surface area contributed by atoms with Crippen LogP contribution in [0.25, 0.3) is 0 Å². The van der Waals surface area contributed by atoms with Gasteiger partial charge in [-0.1, -0.05) is 0 Å². The minimum Gasteiger partial charge on any atom is -0.508 e. The van der Waals surface area contributed by atoms with Crippen molar-refractivity contribution in [3.63, 3.8) is 0 Å². The predicted octanol–water partition coefficient (Wildman–Crippen LogP) is 0.154. The summed E-state index contributed by atoms with van der Waals surface area (Å²) in [7, 11) is 0. The van der Waals surface area contributed by atoms with Crippen molar-refractivity contribution >= 4 is 15.9 Å². The van der Waals surface area contributed by atoms with Crippen LogP contribution >= 0.6 is 15.9 Å². The first-order valence-corrected chi connectivity index (χ1v) is 5.90. The van der Waals surface area contributed by atoms with Gasteiger partial charge in [0.25, 0.3) is 5.56 Å². The van der Waals surface area contributed by atoms with Crippen LogP contribution in [0.2, 0.25) is 0 Å². The number of H-pyrrole nitrogens is 1. The van der Waals surface area contributed by atoms with Crippen molar-refractivity contribution in [2.24, 2.45) is 0 Å². The summed E-state index contributed by atoms with van der Waals surface area (Å²) in [6.45, 7) is 0.983. The van der Waals surface area contributed by atoms with Crippen LogP contribution in [0.1, 0.15) is 13.3 Å². The van der Waals surface area contributed by atoms with E-state index in [1.165, 1.54) is 13.1 Å². The quantitative estimate of drug-likeness (QED) is 0.720. The van der Waals surface area contributed by atoms with E-state index >= 15 is 0 Å². The smallest absolute Gasteiger partial charge is 0.331 e. The van der Waals surface area contributed by atoms with Gasteiger partial charge in [0.05, 0.1) is 10.9 Å². The Bertz CT molecular complexity index is 632. The lowest BCUT2D eigenvalue weighted by Crippen LogP contribution is -2.48. The normalized spacial score (nSPS) is 23.3. The number of aliphatic hydroxyl groups excluding tert-OH is 2. The van der Waals surface area contributed by atoms with Crippen LogP contribution in [0, 0.1) is 0 Å². The van der Waals surface area contributed by atoms with E-state index in [2.05, 4.69) is 20.9 Å². The third kappa shape index (κ3) is 1.87. The van der Waals surface area contributed by atoms with E-state index in [1.807, 2.05) is 0 Å². The molecule has 1 atom stereocenters. The molecule has 0 saturated carbocycles. The fourth-order valence-electron chi connectivity index (χ4n) is 1.90. The summed E-state index contributed by atoms with van der Waals surface area (Å²) in [6, 6.07) is 0. The highest BCUT2D eigenvalue weighted by atomic mass is 79.9. The molecule has 7 nitrogen and oxygen atoms in total. The molecule has 0 aliphatic carbocycles. The zero-order valence-corrected chi connectivity index (χ0v) is 11.0. The Hall–Kier alpha value is -1.54. The van der Waals surface area contributed by atoms with Gasteiger partial charge in [-0.05, 0) is 22.9 Å². The highest BCUT2D eigenvalue weighted by Gasteiger charge is 2.40. The second kappa shape index (κ2) is 4.29. The molecule has 1 aromatic heterocycles. The molecule has 18 heavy (non-hydrogen) atoms. The van der Waals surface area contributed by atoms with Crippen molar-refractivity contribution in [2.75, 3.05) is 6.61 Å². The molecule has 98 valence electrons. The number of aromatic amines is 1. The molecule has 1 aliphatic heterocycles. The van der Waals surface area contributed by atoms with Crippen LogP contribution in [0.3, 0.4) is 0 Å². The van der Waals surface area contributed by atoms with Crippen LogP contribution in [0.4, 0.5) is 0 Å². The lowest BCUT2D eigenvalue weighted by molar-refractivity contribution is -0.0442. The highest BCUT2D eigenvalue weighted by Crippen LogP contribution is 2.34. The second-order valence-electron chi connectivity index (χ2n) is 4.06. The molecular formula is C10H11BrN2O5. The van der Waals surface area contributed by atoms with Crippen molar-refractivity contribution in [2.45, 2.75) is 19.1 Å². The average molecular weight is 319 g/mol. The SMILES string of the molecule is C[C@]1(n2c(=O)[nH]cc(Br)c2=O)CC(O)=C(CO)O1. The summed E-state index contributed by atoms with van der Waals surface area (Å²) in [6.07, 6.45) is 1.17. The standard InChI is InChI=1S/C10H11BrN2O5/c1-10(2-6(15)7(4-14)18-10)13-8(16)5(11)3-12-9(13)17/h3,14-15H,2,4H2,1H3,(H,12,17)/t10-/m1/s1. The van der Waals surface area contributed by atoms with E-state index in [-0.39, 0.29) is 22.4 Å². The van der Waals surface area contributed by atoms with Crippen molar-refractivity contribution in [3.8, 4) is 0 Å². The second-order valence-corrected chi connectivity index (χ2v) is 4.92. The van der Waals surface area contributed by atoms with E-state index in [9.17, 15) is 14.7 Å². The van der Waals surface area contributed by atoms with E-state index in [4.69, 9.17) is 9.84 Å². The zero-order chi connectivity index (χ0) is 13.5. The molecule has 0 bridgehead atoms. The molecule has 1 aromatic rings. The van der Waals surface area contributed by atoms with Gasteiger partial charge in [0.15, 0.2) is 11.5 Å². The van der Waals surface area contributed by atoms with Gasteiger partial charge in [0, 0.05) is 6.20 Å². The third-order valence-corrected chi connectivity index (χ3v) is 3.28. The van der Waals surface area contributed by atoms with E-state index in [0.717, 1.165) is 4.57 Å². The van der Waals surface area contributed by atoms with Crippen LogP contribution in [0.15, 0.2) is 31.8 Å². The lowest BCUT2D eigenvalue weighted by atomic mass is 10.1. The largest absolute Gasteiger partial charge is 0.508 e. The molecule has 0 unspecified atom stereocenters. The first-order chi connectivity index (χ1) is 8.39. The number of hydrogen-bond acceptors (Lipinski definition) is 5. The molecule has 8 heteroatoms. The van der Waals surface area contributed by atoms with Crippen molar-refractivity contribution in [1.82, 2.24) is 9.55 Å². The Morgan fingerprint density at radius 3 is 2.83 bits per heavy atom. The van der Waals surface area contributed by atoms with E-state index in [0.29, 0.717) is 0 Å². The molecule has 0 saturated heterocycles. The van der Waals surface area contributed by atoms with Crippen LogP contribution < -0.4 is 11.2 Å². The number of ether oxygens (including phenoxy) is 1. The number of aliphatic hydroxyl groups is 2.